The molecule has 1 heterocycles. The van der Waals surface area contributed by atoms with Crippen LogP contribution >= 0.6 is 0 Å². The minimum absolute atomic E-state index is 0.0709. The van der Waals surface area contributed by atoms with Crippen molar-refractivity contribution < 1.29 is 18.7 Å². The van der Waals surface area contributed by atoms with Crippen LogP contribution in [0.4, 0.5) is 0 Å². The fraction of sp³-hybridized carbons (Fsp3) is 0.312. The third-order valence-electron chi connectivity index (χ3n) is 2.75. The summed E-state index contributed by atoms with van der Waals surface area (Å²) in [6.45, 7) is 4.06. The van der Waals surface area contributed by atoms with Crippen molar-refractivity contribution in [2.24, 2.45) is 0 Å². The normalized spacial score (nSPS) is 10.5. The van der Waals surface area contributed by atoms with Crippen LogP contribution in [0.25, 0.3) is 0 Å². The summed E-state index contributed by atoms with van der Waals surface area (Å²) in [4.78, 5) is 11.8. The molecule has 1 aromatic carbocycles. The number of nitrogens with one attached hydrogen (secondary N) is 1. The summed E-state index contributed by atoms with van der Waals surface area (Å²) in [6.07, 6.45) is 0. The van der Waals surface area contributed by atoms with Gasteiger partial charge in [-0.25, -0.2) is 0 Å². The van der Waals surface area contributed by atoms with E-state index >= 15 is 0 Å². The Balaban J connectivity index is 1.91. The standard InChI is InChI=1S/C16H19NO4/c1-11(2)17-16(18)15-9-8-14(21-15)10-20-13-6-4-12(19-3)5-7-13/h4-9,11H,10H2,1-3H3,(H,17,18). The van der Waals surface area contributed by atoms with Crippen LogP contribution in [0.3, 0.4) is 0 Å². The van der Waals surface area contributed by atoms with Gasteiger partial charge in [-0.3, -0.25) is 4.79 Å². The second kappa shape index (κ2) is 6.83. The minimum Gasteiger partial charge on any atom is -0.497 e. The zero-order valence-electron chi connectivity index (χ0n) is 12.4. The average molecular weight is 289 g/mol. The van der Waals surface area contributed by atoms with E-state index in [0.29, 0.717) is 11.5 Å². The number of hydrogen-bond donors (Lipinski definition) is 1. The summed E-state index contributed by atoms with van der Waals surface area (Å²) in [5.41, 5.74) is 0. The molecule has 0 aliphatic rings. The Morgan fingerprint density at radius 1 is 1.14 bits per heavy atom. The molecule has 0 spiro atoms. The van der Waals surface area contributed by atoms with Crippen molar-refractivity contribution in [1.29, 1.82) is 0 Å². The summed E-state index contributed by atoms with van der Waals surface area (Å²) >= 11 is 0. The zero-order chi connectivity index (χ0) is 15.2. The van der Waals surface area contributed by atoms with Crippen molar-refractivity contribution in [3.63, 3.8) is 0 Å². The van der Waals surface area contributed by atoms with E-state index in [1.807, 2.05) is 38.1 Å². The number of carbonyl (C=O) groups excluding carboxylic acids is 1. The maximum atomic E-state index is 11.8. The number of carbonyl (C=O) groups is 1. The van der Waals surface area contributed by atoms with Gasteiger partial charge in [0.15, 0.2) is 5.76 Å². The highest BCUT2D eigenvalue weighted by Gasteiger charge is 2.12. The second-order valence-electron chi connectivity index (χ2n) is 4.86. The highest BCUT2D eigenvalue weighted by molar-refractivity contribution is 5.91. The summed E-state index contributed by atoms with van der Waals surface area (Å²) in [7, 11) is 1.61. The summed E-state index contributed by atoms with van der Waals surface area (Å²) in [6, 6.07) is 10.7. The molecular formula is C16H19NO4. The molecule has 1 aromatic heterocycles. The van der Waals surface area contributed by atoms with Crippen LogP contribution in [0.5, 0.6) is 11.5 Å². The third kappa shape index (κ3) is 4.27. The molecule has 0 saturated carbocycles. The summed E-state index contributed by atoms with van der Waals surface area (Å²) < 4.78 is 16.1. The maximum Gasteiger partial charge on any atom is 0.287 e. The molecule has 0 atom stereocenters. The van der Waals surface area contributed by atoms with Crippen LogP contribution < -0.4 is 14.8 Å². The van der Waals surface area contributed by atoms with E-state index in [4.69, 9.17) is 13.9 Å². The number of amides is 1. The Morgan fingerprint density at radius 2 is 1.81 bits per heavy atom. The number of benzene rings is 1. The van der Waals surface area contributed by atoms with Gasteiger partial charge in [-0.15, -0.1) is 0 Å². The Bertz CT molecular complexity index is 587. The van der Waals surface area contributed by atoms with E-state index in [-0.39, 0.29) is 24.3 Å². The summed E-state index contributed by atoms with van der Waals surface area (Å²) in [5, 5.41) is 2.77. The monoisotopic (exact) mass is 289 g/mol. The first-order valence-electron chi connectivity index (χ1n) is 6.75. The highest BCUT2D eigenvalue weighted by atomic mass is 16.5. The lowest BCUT2D eigenvalue weighted by Crippen LogP contribution is -2.29. The zero-order valence-corrected chi connectivity index (χ0v) is 12.4. The SMILES string of the molecule is COc1ccc(OCc2ccc(C(=O)NC(C)C)o2)cc1. The fourth-order valence-electron chi connectivity index (χ4n) is 1.74. The lowest BCUT2D eigenvalue weighted by atomic mass is 10.3. The molecule has 0 unspecified atom stereocenters. The van der Waals surface area contributed by atoms with Gasteiger partial charge >= 0.3 is 0 Å². The van der Waals surface area contributed by atoms with Crippen LogP contribution in [0.15, 0.2) is 40.8 Å². The quantitative estimate of drug-likeness (QED) is 0.888. The van der Waals surface area contributed by atoms with E-state index < -0.39 is 0 Å². The summed E-state index contributed by atoms with van der Waals surface area (Å²) in [5.74, 6) is 2.14. The van der Waals surface area contributed by atoms with Crippen molar-refractivity contribution in [2.75, 3.05) is 7.11 Å². The van der Waals surface area contributed by atoms with Gasteiger partial charge in [-0.05, 0) is 50.2 Å². The predicted molar refractivity (Wildman–Crippen MR) is 78.6 cm³/mol. The van der Waals surface area contributed by atoms with Gasteiger partial charge in [0.2, 0.25) is 0 Å². The van der Waals surface area contributed by atoms with Crippen molar-refractivity contribution in [3.8, 4) is 11.5 Å². The Kier molecular flexibility index (Phi) is 4.87. The first kappa shape index (κ1) is 15.0. The molecule has 2 aromatic rings. The molecule has 0 radical (unpaired) electrons. The first-order valence-corrected chi connectivity index (χ1v) is 6.75. The van der Waals surface area contributed by atoms with Crippen LogP contribution in [0.1, 0.15) is 30.2 Å². The molecule has 5 nitrogen and oxygen atoms in total. The number of furan rings is 1. The molecule has 0 aliphatic heterocycles. The predicted octanol–water partition coefficient (Wildman–Crippen LogP) is 3.01. The van der Waals surface area contributed by atoms with E-state index in [2.05, 4.69) is 5.32 Å². The largest absolute Gasteiger partial charge is 0.497 e. The smallest absolute Gasteiger partial charge is 0.287 e. The molecule has 5 heteroatoms. The van der Waals surface area contributed by atoms with Crippen molar-refractivity contribution in [2.45, 2.75) is 26.5 Å². The first-order chi connectivity index (χ1) is 10.1. The van der Waals surface area contributed by atoms with Crippen LogP contribution in [0, 0.1) is 0 Å². The molecule has 0 aliphatic carbocycles. The lowest BCUT2D eigenvalue weighted by Gasteiger charge is -2.06. The van der Waals surface area contributed by atoms with E-state index in [9.17, 15) is 4.79 Å². The van der Waals surface area contributed by atoms with Crippen molar-refractivity contribution in [3.05, 3.63) is 47.9 Å². The molecule has 0 fully saturated rings. The van der Waals surface area contributed by atoms with Crippen LogP contribution in [-0.2, 0) is 6.61 Å². The Morgan fingerprint density at radius 3 is 2.43 bits per heavy atom. The van der Waals surface area contributed by atoms with Gasteiger partial charge in [0.25, 0.3) is 5.91 Å². The Labute approximate surface area is 123 Å². The van der Waals surface area contributed by atoms with Gasteiger partial charge < -0.3 is 19.2 Å². The van der Waals surface area contributed by atoms with Gasteiger partial charge in [0.05, 0.1) is 7.11 Å². The van der Waals surface area contributed by atoms with E-state index in [0.717, 1.165) is 5.75 Å². The molecule has 1 amide bonds. The molecule has 0 saturated heterocycles. The number of ether oxygens (including phenoxy) is 2. The van der Waals surface area contributed by atoms with E-state index in [1.165, 1.54) is 0 Å². The highest BCUT2D eigenvalue weighted by Crippen LogP contribution is 2.18. The molecular weight excluding hydrogens is 270 g/mol. The number of hydrogen-bond acceptors (Lipinski definition) is 4. The molecule has 2 rings (SSSR count). The topological polar surface area (TPSA) is 60.7 Å². The molecule has 0 bridgehead atoms. The van der Waals surface area contributed by atoms with Crippen LogP contribution in [0.2, 0.25) is 0 Å². The van der Waals surface area contributed by atoms with Crippen molar-refractivity contribution in [1.82, 2.24) is 5.32 Å². The fourth-order valence-corrected chi connectivity index (χ4v) is 1.74. The molecule has 21 heavy (non-hydrogen) atoms. The maximum absolute atomic E-state index is 11.8. The van der Waals surface area contributed by atoms with Crippen LogP contribution in [-0.4, -0.2) is 19.1 Å². The second-order valence-corrected chi connectivity index (χ2v) is 4.86. The minimum atomic E-state index is -0.222. The third-order valence-corrected chi connectivity index (χ3v) is 2.75. The molecule has 112 valence electrons. The van der Waals surface area contributed by atoms with Gasteiger partial charge in [-0.2, -0.15) is 0 Å². The lowest BCUT2D eigenvalue weighted by molar-refractivity contribution is 0.0911. The van der Waals surface area contributed by atoms with Gasteiger partial charge in [0, 0.05) is 6.04 Å². The average Bonchev–Trinajstić information content (AvgIpc) is 2.94. The molecule has 1 N–H and O–H groups in total. The van der Waals surface area contributed by atoms with Gasteiger partial charge in [-0.1, -0.05) is 0 Å². The van der Waals surface area contributed by atoms with E-state index in [1.54, 1.807) is 19.2 Å². The van der Waals surface area contributed by atoms with Gasteiger partial charge in [0.1, 0.15) is 23.9 Å². The number of rotatable bonds is 6. The Hall–Kier alpha value is -2.43. The van der Waals surface area contributed by atoms with Crippen molar-refractivity contribution >= 4 is 5.91 Å². The number of methoxy groups -OCH3 is 1.